The molecule has 2 aromatic carbocycles. The molecule has 0 spiro atoms. The minimum Gasteiger partial charge on any atom is -0.352 e. The number of carbonyl (C=O) groups excluding carboxylic acids is 2. The van der Waals surface area contributed by atoms with Crippen LogP contribution >= 0.6 is 0 Å². The summed E-state index contributed by atoms with van der Waals surface area (Å²) in [6.07, 6.45) is 0.459. The summed E-state index contributed by atoms with van der Waals surface area (Å²) < 4.78 is 5.18. The van der Waals surface area contributed by atoms with Crippen molar-refractivity contribution in [2.75, 3.05) is 0 Å². The zero-order valence-electron chi connectivity index (χ0n) is 11.6. The molecular formula is C18H11NO3. The van der Waals surface area contributed by atoms with E-state index in [4.69, 9.17) is 4.52 Å². The average Bonchev–Trinajstić information content (AvgIpc) is 2.98. The Bertz CT molecular complexity index is 894. The summed E-state index contributed by atoms with van der Waals surface area (Å²) in [5, 5.41) is 3.96. The molecule has 0 fully saturated rings. The van der Waals surface area contributed by atoms with Crippen molar-refractivity contribution >= 4 is 11.6 Å². The fourth-order valence-corrected chi connectivity index (χ4v) is 2.76. The van der Waals surface area contributed by atoms with Crippen molar-refractivity contribution in [1.82, 2.24) is 5.16 Å². The summed E-state index contributed by atoms with van der Waals surface area (Å²) in [7, 11) is 0. The van der Waals surface area contributed by atoms with Crippen LogP contribution in [0, 0.1) is 0 Å². The van der Waals surface area contributed by atoms with Crippen LogP contribution in [0.15, 0.2) is 59.1 Å². The second-order valence-electron chi connectivity index (χ2n) is 5.20. The third kappa shape index (κ3) is 1.81. The van der Waals surface area contributed by atoms with Gasteiger partial charge >= 0.3 is 0 Å². The zero-order chi connectivity index (χ0) is 15.1. The van der Waals surface area contributed by atoms with Crippen molar-refractivity contribution < 1.29 is 14.1 Å². The Balaban J connectivity index is 1.82. The average molecular weight is 289 g/mol. The largest absolute Gasteiger partial charge is 0.352 e. The maximum absolute atomic E-state index is 12.7. The van der Waals surface area contributed by atoms with Crippen LogP contribution in [-0.4, -0.2) is 16.7 Å². The number of carbonyl (C=O) groups is 2. The minimum absolute atomic E-state index is 0.0506. The number of fused-ring (bicyclic) bond motifs is 2. The van der Waals surface area contributed by atoms with Crippen LogP contribution < -0.4 is 0 Å². The van der Waals surface area contributed by atoms with E-state index in [1.807, 2.05) is 30.3 Å². The summed E-state index contributed by atoms with van der Waals surface area (Å²) in [5.41, 5.74) is 2.61. The standard InChI is InChI=1S/C18H11NO3/c20-16-12-8-4-5-9-13(12)17(21)18-15(16)14(19-22-18)10-11-6-2-1-3-7-11/h1-9H,10H2. The Morgan fingerprint density at radius 1 is 0.818 bits per heavy atom. The number of hydrogen-bond donors (Lipinski definition) is 0. The van der Waals surface area contributed by atoms with Gasteiger partial charge in [0.2, 0.25) is 11.5 Å². The molecule has 0 atom stereocenters. The molecule has 1 aliphatic carbocycles. The second-order valence-corrected chi connectivity index (χ2v) is 5.20. The van der Waals surface area contributed by atoms with Crippen LogP contribution in [0.25, 0.3) is 0 Å². The first-order valence-electron chi connectivity index (χ1n) is 6.96. The Morgan fingerprint density at radius 3 is 2.18 bits per heavy atom. The molecule has 1 aliphatic rings. The van der Waals surface area contributed by atoms with Crippen molar-refractivity contribution in [3.63, 3.8) is 0 Å². The maximum atomic E-state index is 12.7. The highest BCUT2D eigenvalue weighted by Crippen LogP contribution is 2.30. The van der Waals surface area contributed by atoms with Gasteiger partial charge < -0.3 is 4.52 Å². The predicted octanol–water partition coefficient (Wildman–Crippen LogP) is 3.04. The van der Waals surface area contributed by atoms with Gasteiger partial charge in [0.15, 0.2) is 5.78 Å². The fourth-order valence-electron chi connectivity index (χ4n) is 2.76. The zero-order valence-corrected chi connectivity index (χ0v) is 11.6. The van der Waals surface area contributed by atoms with E-state index < -0.39 is 0 Å². The highest BCUT2D eigenvalue weighted by molar-refractivity contribution is 6.27. The summed E-state index contributed by atoms with van der Waals surface area (Å²) in [5.74, 6) is -0.427. The smallest absolute Gasteiger partial charge is 0.232 e. The van der Waals surface area contributed by atoms with E-state index in [9.17, 15) is 9.59 Å². The van der Waals surface area contributed by atoms with Crippen LogP contribution in [0.4, 0.5) is 0 Å². The molecule has 106 valence electrons. The van der Waals surface area contributed by atoms with E-state index in [-0.39, 0.29) is 17.3 Å². The first kappa shape index (κ1) is 12.7. The lowest BCUT2D eigenvalue weighted by molar-refractivity contribution is 0.0955. The van der Waals surface area contributed by atoms with Gasteiger partial charge in [0.25, 0.3) is 0 Å². The Kier molecular flexibility index (Phi) is 2.76. The van der Waals surface area contributed by atoms with Crippen LogP contribution in [0.5, 0.6) is 0 Å². The normalized spacial score (nSPS) is 12.9. The molecule has 4 heteroatoms. The molecule has 0 unspecified atom stereocenters. The van der Waals surface area contributed by atoms with Crippen molar-refractivity contribution in [3.05, 3.63) is 88.3 Å². The Hall–Kier alpha value is -3.01. The lowest BCUT2D eigenvalue weighted by atomic mass is 9.86. The first-order valence-corrected chi connectivity index (χ1v) is 6.96. The molecule has 4 nitrogen and oxygen atoms in total. The molecule has 0 bridgehead atoms. The van der Waals surface area contributed by atoms with Crippen LogP contribution in [-0.2, 0) is 6.42 Å². The number of nitrogens with zero attached hydrogens (tertiary/aromatic N) is 1. The lowest BCUT2D eigenvalue weighted by Crippen LogP contribution is -2.20. The molecule has 0 radical (unpaired) electrons. The van der Waals surface area contributed by atoms with Crippen LogP contribution in [0.1, 0.15) is 43.3 Å². The molecule has 0 saturated heterocycles. The summed E-state index contributed by atoms with van der Waals surface area (Å²) in [6.45, 7) is 0. The minimum atomic E-state index is -0.281. The van der Waals surface area contributed by atoms with Gasteiger partial charge in [0.1, 0.15) is 0 Å². The third-order valence-corrected chi connectivity index (χ3v) is 3.83. The van der Waals surface area contributed by atoms with Crippen molar-refractivity contribution in [2.45, 2.75) is 6.42 Å². The van der Waals surface area contributed by atoms with E-state index in [2.05, 4.69) is 5.16 Å². The third-order valence-electron chi connectivity index (χ3n) is 3.83. The molecule has 1 heterocycles. The van der Waals surface area contributed by atoms with Gasteiger partial charge in [-0.2, -0.15) is 0 Å². The maximum Gasteiger partial charge on any atom is 0.232 e. The molecule has 3 aromatic rings. The molecule has 0 N–H and O–H groups in total. The summed E-state index contributed by atoms with van der Waals surface area (Å²) >= 11 is 0. The number of aromatic nitrogens is 1. The van der Waals surface area contributed by atoms with E-state index in [0.717, 1.165) is 5.56 Å². The SMILES string of the molecule is O=C1c2ccccc2C(=O)c2c(Cc3ccccc3)noc21. The number of benzene rings is 2. The van der Waals surface area contributed by atoms with E-state index in [1.165, 1.54) is 0 Å². The molecule has 22 heavy (non-hydrogen) atoms. The van der Waals surface area contributed by atoms with Crippen molar-refractivity contribution in [1.29, 1.82) is 0 Å². The summed E-state index contributed by atoms with van der Waals surface area (Å²) in [6, 6.07) is 16.4. The van der Waals surface area contributed by atoms with Gasteiger partial charge in [-0.15, -0.1) is 0 Å². The topological polar surface area (TPSA) is 60.2 Å². The van der Waals surface area contributed by atoms with Gasteiger partial charge in [-0.3, -0.25) is 9.59 Å². The Labute approximate surface area is 126 Å². The predicted molar refractivity (Wildman–Crippen MR) is 79.1 cm³/mol. The number of ketones is 2. The number of hydrogen-bond acceptors (Lipinski definition) is 4. The molecule has 0 amide bonds. The Morgan fingerprint density at radius 2 is 1.45 bits per heavy atom. The molecule has 4 rings (SSSR count). The van der Waals surface area contributed by atoms with E-state index in [0.29, 0.717) is 28.8 Å². The first-order chi connectivity index (χ1) is 10.8. The molecule has 0 saturated carbocycles. The molecular weight excluding hydrogens is 278 g/mol. The highest BCUT2D eigenvalue weighted by atomic mass is 16.5. The van der Waals surface area contributed by atoms with Gasteiger partial charge in [0.05, 0.1) is 11.3 Å². The van der Waals surface area contributed by atoms with Gasteiger partial charge in [-0.1, -0.05) is 59.8 Å². The quantitative estimate of drug-likeness (QED) is 0.569. The van der Waals surface area contributed by atoms with E-state index >= 15 is 0 Å². The highest BCUT2D eigenvalue weighted by Gasteiger charge is 2.36. The number of rotatable bonds is 2. The van der Waals surface area contributed by atoms with Crippen LogP contribution in [0.2, 0.25) is 0 Å². The van der Waals surface area contributed by atoms with Crippen molar-refractivity contribution in [3.8, 4) is 0 Å². The molecule has 1 aromatic heterocycles. The lowest BCUT2D eigenvalue weighted by Gasteiger charge is -2.12. The molecule has 0 aliphatic heterocycles. The van der Waals surface area contributed by atoms with Crippen LogP contribution in [0.3, 0.4) is 0 Å². The van der Waals surface area contributed by atoms with Crippen molar-refractivity contribution in [2.24, 2.45) is 0 Å². The van der Waals surface area contributed by atoms with Gasteiger partial charge in [0, 0.05) is 17.5 Å². The monoisotopic (exact) mass is 289 g/mol. The van der Waals surface area contributed by atoms with Gasteiger partial charge in [-0.25, -0.2) is 0 Å². The summed E-state index contributed by atoms with van der Waals surface area (Å²) in [4.78, 5) is 25.1. The fraction of sp³-hybridized carbons (Fsp3) is 0.0556. The second kappa shape index (κ2) is 4.77. The van der Waals surface area contributed by atoms with E-state index in [1.54, 1.807) is 24.3 Å². The van der Waals surface area contributed by atoms with Gasteiger partial charge in [-0.05, 0) is 5.56 Å².